The number of fused-ring (bicyclic) bond motifs is 1. The molecule has 0 aliphatic carbocycles. The van der Waals surface area contributed by atoms with Crippen LogP contribution in [0.25, 0.3) is 16.6 Å². The van der Waals surface area contributed by atoms with Crippen LogP contribution in [-0.2, 0) is 0 Å². The SMILES string of the molecule is Cc1nc(N)c(C#N)c(N[C@@H](C)c2nc3cccc(Cl)c3c(=O)n2-c2cncc(F)c2C)n1. The van der Waals surface area contributed by atoms with Crippen molar-refractivity contribution in [2.45, 2.75) is 26.8 Å². The van der Waals surface area contributed by atoms with E-state index in [0.29, 0.717) is 11.3 Å². The molecular weight excluding hydrogens is 447 g/mol. The van der Waals surface area contributed by atoms with E-state index in [-0.39, 0.29) is 44.7 Å². The summed E-state index contributed by atoms with van der Waals surface area (Å²) in [5, 5.41) is 13.0. The highest BCUT2D eigenvalue weighted by Gasteiger charge is 2.23. The van der Waals surface area contributed by atoms with Gasteiger partial charge >= 0.3 is 0 Å². The van der Waals surface area contributed by atoms with Crippen molar-refractivity contribution in [3.8, 4) is 11.8 Å². The van der Waals surface area contributed by atoms with E-state index in [9.17, 15) is 14.4 Å². The van der Waals surface area contributed by atoms with Crippen LogP contribution in [-0.4, -0.2) is 24.5 Å². The number of aryl methyl sites for hydroxylation is 1. The van der Waals surface area contributed by atoms with Gasteiger partial charge in [0, 0.05) is 5.56 Å². The fraction of sp³-hybridized carbons (Fsp3) is 0.182. The Balaban J connectivity index is 1.99. The van der Waals surface area contributed by atoms with Gasteiger partial charge < -0.3 is 11.1 Å². The van der Waals surface area contributed by atoms with Crippen molar-refractivity contribution in [1.29, 1.82) is 5.26 Å². The molecule has 0 fully saturated rings. The van der Waals surface area contributed by atoms with Crippen LogP contribution in [0, 0.1) is 31.0 Å². The van der Waals surface area contributed by atoms with E-state index in [0.717, 1.165) is 6.20 Å². The van der Waals surface area contributed by atoms with Crippen LogP contribution >= 0.6 is 11.6 Å². The van der Waals surface area contributed by atoms with Crippen molar-refractivity contribution in [3.05, 3.63) is 74.6 Å². The third-order valence-electron chi connectivity index (χ3n) is 5.14. The highest BCUT2D eigenvalue weighted by molar-refractivity contribution is 6.35. The molecule has 166 valence electrons. The molecule has 9 nitrogen and oxygen atoms in total. The number of aromatic nitrogens is 5. The molecule has 11 heteroatoms. The Morgan fingerprint density at radius 2 is 2.00 bits per heavy atom. The molecule has 0 amide bonds. The number of rotatable bonds is 4. The van der Waals surface area contributed by atoms with E-state index < -0.39 is 17.4 Å². The summed E-state index contributed by atoms with van der Waals surface area (Å²) in [6, 6.07) is 6.24. The number of nitriles is 1. The van der Waals surface area contributed by atoms with Crippen LogP contribution in [0.2, 0.25) is 5.02 Å². The van der Waals surface area contributed by atoms with Crippen LogP contribution in [0.3, 0.4) is 0 Å². The summed E-state index contributed by atoms with van der Waals surface area (Å²) in [5.41, 5.74) is 6.26. The Labute approximate surface area is 192 Å². The molecule has 1 atom stereocenters. The molecule has 0 unspecified atom stereocenters. The molecule has 3 aromatic heterocycles. The van der Waals surface area contributed by atoms with Crippen molar-refractivity contribution in [1.82, 2.24) is 24.5 Å². The van der Waals surface area contributed by atoms with Gasteiger partial charge in [0.25, 0.3) is 5.56 Å². The monoisotopic (exact) mass is 464 g/mol. The van der Waals surface area contributed by atoms with Gasteiger partial charge in [-0.3, -0.25) is 14.3 Å². The molecule has 4 rings (SSSR count). The van der Waals surface area contributed by atoms with Gasteiger partial charge in [-0.15, -0.1) is 0 Å². The highest BCUT2D eigenvalue weighted by Crippen LogP contribution is 2.27. The lowest BCUT2D eigenvalue weighted by atomic mass is 10.1. The summed E-state index contributed by atoms with van der Waals surface area (Å²) in [4.78, 5) is 30.4. The molecule has 0 saturated heterocycles. The Morgan fingerprint density at radius 3 is 2.73 bits per heavy atom. The predicted octanol–water partition coefficient (Wildman–Crippen LogP) is 3.61. The minimum atomic E-state index is -0.662. The Kier molecular flexibility index (Phi) is 5.66. The second kappa shape index (κ2) is 8.44. The maximum absolute atomic E-state index is 14.4. The molecule has 0 aliphatic heterocycles. The van der Waals surface area contributed by atoms with Crippen LogP contribution in [0.5, 0.6) is 0 Å². The maximum atomic E-state index is 14.4. The second-order valence-electron chi connectivity index (χ2n) is 7.37. The number of nitrogen functional groups attached to an aromatic ring is 1. The summed E-state index contributed by atoms with van der Waals surface area (Å²) in [6.45, 7) is 4.91. The normalized spacial score (nSPS) is 11.9. The van der Waals surface area contributed by atoms with E-state index in [2.05, 4.69) is 25.3 Å². The molecule has 33 heavy (non-hydrogen) atoms. The van der Waals surface area contributed by atoms with Crippen molar-refractivity contribution >= 4 is 34.1 Å². The second-order valence-corrected chi connectivity index (χ2v) is 7.77. The zero-order valence-electron chi connectivity index (χ0n) is 17.9. The average Bonchev–Trinajstić information content (AvgIpc) is 2.75. The third-order valence-corrected chi connectivity index (χ3v) is 5.46. The van der Waals surface area contributed by atoms with Crippen LogP contribution < -0.4 is 16.6 Å². The van der Waals surface area contributed by atoms with Crippen molar-refractivity contribution in [2.24, 2.45) is 0 Å². The van der Waals surface area contributed by atoms with Crippen molar-refractivity contribution < 1.29 is 4.39 Å². The Hall–Kier alpha value is -4.10. The number of hydrogen-bond donors (Lipinski definition) is 2. The standard InChI is InChI=1S/C22H18ClFN8O/c1-10-15(24)8-27-9-17(10)32-21(31-16-6-4-5-14(23)18(16)22(32)33)11(2)28-20-13(7-25)19(26)29-12(3)30-20/h4-6,8-9,11H,1-3H3,(H3,26,28,29,30)/t11-/m0/s1. The van der Waals surface area contributed by atoms with Gasteiger partial charge in [0.15, 0.2) is 5.82 Å². The van der Waals surface area contributed by atoms with Gasteiger partial charge in [0.05, 0.1) is 40.0 Å². The van der Waals surface area contributed by atoms with Gasteiger partial charge in [0.2, 0.25) is 0 Å². The zero-order valence-corrected chi connectivity index (χ0v) is 18.6. The number of nitrogens with two attached hydrogens (primary N) is 1. The predicted molar refractivity (Wildman–Crippen MR) is 123 cm³/mol. The molecule has 4 aromatic rings. The maximum Gasteiger partial charge on any atom is 0.267 e. The molecular formula is C22H18ClFN8O. The van der Waals surface area contributed by atoms with Crippen molar-refractivity contribution in [2.75, 3.05) is 11.1 Å². The number of pyridine rings is 1. The summed E-state index contributed by atoms with van der Waals surface area (Å²) < 4.78 is 15.6. The number of benzene rings is 1. The van der Waals surface area contributed by atoms with E-state index in [4.69, 9.17) is 17.3 Å². The van der Waals surface area contributed by atoms with Gasteiger partial charge in [-0.1, -0.05) is 17.7 Å². The lowest BCUT2D eigenvalue weighted by molar-refractivity contribution is 0.607. The Morgan fingerprint density at radius 1 is 1.24 bits per heavy atom. The lowest BCUT2D eigenvalue weighted by Crippen LogP contribution is -2.28. The topological polar surface area (TPSA) is 135 Å². The minimum Gasteiger partial charge on any atom is -0.382 e. The van der Waals surface area contributed by atoms with E-state index in [1.807, 2.05) is 6.07 Å². The van der Waals surface area contributed by atoms with Gasteiger partial charge in [-0.25, -0.2) is 19.3 Å². The number of halogens is 2. The first-order valence-corrected chi connectivity index (χ1v) is 10.2. The summed E-state index contributed by atoms with van der Waals surface area (Å²) in [6.07, 6.45) is 2.45. The fourth-order valence-electron chi connectivity index (χ4n) is 3.52. The van der Waals surface area contributed by atoms with Crippen LogP contribution in [0.15, 0.2) is 35.4 Å². The molecule has 1 aromatic carbocycles. The van der Waals surface area contributed by atoms with E-state index in [1.54, 1.807) is 39.0 Å². The number of nitrogens with zero attached hydrogens (tertiary/aromatic N) is 6. The first kappa shape index (κ1) is 22.1. The van der Waals surface area contributed by atoms with Gasteiger partial charge in [-0.05, 0) is 32.9 Å². The quantitative estimate of drug-likeness (QED) is 0.467. The first-order chi connectivity index (χ1) is 15.7. The fourth-order valence-corrected chi connectivity index (χ4v) is 3.77. The summed E-state index contributed by atoms with van der Waals surface area (Å²) >= 11 is 6.30. The summed E-state index contributed by atoms with van der Waals surface area (Å²) in [7, 11) is 0. The van der Waals surface area contributed by atoms with Gasteiger partial charge in [-0.2, -0.15) is 5.26 Å². The zero-order chi connectivity index (χ0) is 23.9. The molecule has 0 radical (unpaired) electrons. The molecule has 0 aliphatic rings. The molecule has 0 spiro atoms. The van der Waals surface area contributed by atoms with E-state index >= 15 is 0 Å². The molecule has 3 N–H and O–H groups in total. The molecule has 3 heterocycles. The van der Waals surface area contributed by atoms with Crippen LogP contribution in [0.4, 0.5) is 16.0 Å². The van der Waals surface area contributed by atoms with Crippen LogP contribution in [0.1, 0.15) is 35.7 Å². The first-order valence-electron chi connectivity index (χ1n) is 9.85. The lowest BCUT2D eigenvalue weighted by Gasteiger charge is -2.21. The average molecular weight is 465 g/mol. The number of nitrogens with one attached hydrogen (secondary N) is 1. The smallest absolute Gasteiger partial charge is 0.267 e. The largest absolute Gasteiger partial charge is 0.382 e. The molecule has 0 bridgehead atoms. The van der Waals surface area contributed by atoms with Crippen molar-refractivity contribution in [3.63, 3.8) is 0 Å². The van der Waals surface area contributed by atoms with E-state index in [1.165, 1.54) is 10.8 Å². The number of hydrogen-bond acceptors (Lipinski definition) is 8. The third kappa shape index (κ3) is 3.83. The Bertz CT molecular complexity index is 1510. The minimum absolute atomic E-state index is 0.0283. The molecule has 0 saturated carbocycles. The van der Waals surface area contributed by atoms with Gasteiger partial charge in [0.1, 0.15) is 34.9 Å². The number of anilines is 2. The highest BCUT2D eigenvalue weighted by atomic mass is 35.5. The summed E-state index contributed by atoms with van der Waals surface area (Å²) in [5.74, 6) is 0.249.